The highest BCUT2D eigenvalue weighted by molar-refractivity contribution is 7.53. The Morgan fingerprint density at radius 2 is 1.38 bits per heavy atom. The molecule has 0 radical (unpaired) electrons. The summed E-state index contributed by atoms with van der Waals surface area (Å²) in [5, 5.41) is 0. The molecule has 2 N–H and O–H groups in total. The molecule has 0 heterocycles. The number of hydrogen-bond acceptors (Lipinski definition) is 5. The van der Waals surface area contributed by atoms with Crippen LogP contribution in [0.2, 0.25) is 0 Å². The molecule has 0 saturated carbocycles. The zero-order chi connectivity index (χ0) is 18.4. The predicted molar refractivity (Wildman–Crippen MR) is 90.6 cm³/mol. The third kappa shape index (κ3) is 12.3. The van der Waals surface area contributed by atoms with Crippen molar-refractivity contribution in [2.75, 3.05) is 13.2 Å². The first-order chi connectivity index (χ1) is 11.3. The van der Waals surface area contributed by atoms with Gasteiger partial charge in [-0.2, -0.15) is 0 Å². The lowest BCUT2D eigenvalue weighted by molar-refractivity contribution is -0.143. The molecule has 0 bridgehead atoms. The van der Waals surface area contributed by atoms with Crippen LogP contribution >= 0.6 is 7.60 Å². The fraction of sp³-hybridized carbons (Fsp3) is 0.750. The molecule has 0 aliphatic rings. The standard InChI is InChI=1S/C16H29O7P/c1-3-15(17)22-12-10-8-6-4-5-7-9-11-13-23-16(18)14(2)24(19,20)21/h3,14H,1,4-13H2,2H3,(H2,19,20,21). The van der Waals surface area contributed by atoms with Crippen LogP contribution in [0.4, 0.5) is 0 Å². The summed E-state index contributed by atoms with van der Waals surface area (Å²) in [4.78, 5) is 39.9. The highest BCUT2D eigenvalue weighted by Gasteiger charge is 2.32. The molecule has 0 aliphatic carbocycles. The van der Waals surface area contributed by atoms with Crippen molar-refractivity contribution < 1.29 is 33.4 Å². The van der Waals surface area contributed by atoms with Crippen LogP contribution in [0.15, 0.2) is 12.7 Å². The van der Waals surface area contributed by atoms with E-state index in [1.165, 1.54) is 6.92 Å². The lowest BCUT2D eigenvalue weighted by Gasteiger charge is -2.12. The summed E-state index contributed by atoms with van der Waals surface area (Å²) in [6, 6.07) is 0. The van der Waals surface area contributed by atoms with E-state index in [-0.39, 0.29) is 12.6 Å². The van der Waals surface area contributed by atoms with E-state index in [9.17, 15) is 14.2 Å². The molecule has 8 heteroatoms. The highest BCUT2D eigenvalue weighted by atomic mass is 31.2. The van der Waals surface area contributed by atoms with Gasteiger partial charge in [0.1, 0.15) is 0 Å². The lowest BCUT2D eigenvalue weighted by atomic mass is 10.1. The summed E-state index contributed by atoms with van der Waals surface area (Å²) >= 11 is 0. The van der Waals surface area contributed by atoms with Gasteiger partial charge in [0.05, 0.1) is 13.2 Å². The Kier molecular flexibility index (Phi) is 12.5. The second kappa shape index (κ2) is 13.2. The maximum absolute atomic E-state index is 11.4. The number of unbranched alkanes of at least 4 members (excludes halogenated alkanes) is 7. The van der Waals surface area contributed by atoms with E-state index in [0.29, 0.717) is 13.0 Å². The average molecular weight is 364 g/mol. The summed E-state index contributed by atoms with van der Waals surface area (Å²) in [7, 11) is -4.41. The third-order valence-electron chi connectivity index (χ3n) is 3.54. The van der Waals surface area contributed by atoms with Crippen molar-refractivity contribution in [2.45, 2.75) is 63.9 Å². The molecule has 0 aromatic carbocycles. The molecule has 0 spiro atoms. The van der Waals surface area contributed by atoms with Gasteiger partial charge in [0, 0.05) is 6.08 Å². The van der Waals surface area contributed by atoms with Crippen molar-refractivity contribution in [2.24, 2.45) is 0 Å². The van der Waals surface area contributed by atoms with Crippen molar-refractivity contribution in [3.05, 3.63) is 12.7 Å². The Labute approximate surface area is 143 Å². The van der Waals surface area contributed by atoms with Crippen LogP contribution in [0.1, 0.15) is 58.3 Å². The number of ether oxygens (including phenoxy) is 2. The minimum Gasteiger partial charge on any atom is -0.465 e. The van der Waals surface area contributed by atoms with Crippen molar-refractivity contribution in [3.8, 4) is 0 Å². The van der Waals surface area contributed by atoms with Gasteiger partial charge in [-0.15, -0.1) is 0 Å². The van der Waals surface area contributed by atoms with Crippen LogP contribution in [-0.4, -0.2) is 40.6 Å². The van der Waals surface area contributed by atoms with Gasteiger partial charge < -0.3 is 19.3 Å². The number of rotatable bonds is 14. The van der Waals surface area contributed by atoms with E-state index >= 15 is 0 Å². The summed E-state index contributed by atoms with van der Waals surface area (Å²) in [5.41, 5.74) is -1.40. The monoisotopic (exact) mass is 364 g/mol. The molecule has 0 saturated heterocycles. The molecule has 0 aromatic heterocycles. The topological polar surface area (TPSA) is 110 Å². The molecule has 1 unspecified atom stereocenters. The summed E-state index contributed by atoms with van der Waals surface area (Å²) in [5.74, 6) is -1.23. The van der Waals surface area contributed by atoms with E-state index < -0.39 is 19.2 Å². The average Bonchev–Trinajstić information content (AvgIpc) is 2.53. The van der Waals surface area contributed by atoms with Gasteiger partial charge in [-0.1, -0.05) is 45.1 Å². The Morgan fingerprint density at radius 1 is 0.958 bits per heavy atom. The van der Waals surface area contributed by atoms with Crippen LogP contribution in [0, 0.1) is 0 Å². The summed E-state index contributed by atoms with van der Waals surface area (Å²) in [6.07, 6.45) is 8.92. The van der Waals surface area contributed by atoms with Gasteiger partial charge in [0.2, 0.25) is 0 Å². The molecule has 0 fully saturated rings. The zero-order valence-corrected chi connectivity index (χ0v) is 15.2. The largest absolute Gasteiger partial charge is 0.465 e. The fourth-order valence-corrected chi connectivity index (χ4v) is 2.28. The van der Waals surface area contributed by atoms with Crippen LogP contribution in [0.3, 0.4) is 0 Å². The van der Waals surface area contributed by atoms with E-state index in [2.05, 4.69) is 6.58 Å². The smallest absolute Gasteiger partial charge is 0.339 e. The Balaban J connectivity index is 3.37. The first kappa shape index (κ1) is 22.8. The molecule has 0 amide bonds. The highest BCUT2D eigenvalue weighted by Crippen LogP contribution is 2.41. The second-order valence-electron chi connectivity index (χ2n) is 5.63. The minimum atomic E-state index is -4.41. The maximum atomic E-state index is 11.4. The van der Waals surface area contributed by atoms with Crippen molar-refractivity contribution in [3.63, 3.8) is 0 Å². The SMILES string of the molecule is C=CC(=O)OCCCCCCCCCCOC(=O)C(C)P(=O)(O)O. The zero-order valence-electron chi connectivity index (χ0n) is 14.3. The first-order valence-corrected chi connectivity index (χ1v) is 9.98. The van der Waals surface area contributed by atoms with Crippen LogP contribution in [0.25, 0.3) is 0 Å². The third-order valence-corrected chi connectivity index (χ3v) is 4.76. The molecule has 7 nitrogen and oxygen atoms in total. The predicted octanol–water partition coefficient (Wildman–Crippen LogP) is 2.95. The first-order valence-electron chi connectivity index (χ1n) is 8.30. The lowest BCUT2D eigenvalue weighted by Crippen LogP contribution is -2.20. The summed E-state index contributed by atoms with van der Waals surface area (Å²) in [6.45, 7) is 5.12. The fourth-order valence-electron chi connectivity index (χ4n) is 1.93. The normalized spacial score (nSPS) is 12.5. The number of carbonyl (C=O) groups excluding carboxylic acids is 2. The second-order valence-corrected chi connectivity index (χ2v) is 7.59. The molecule has 0 aliphatic heterocycles. The molecular weight excluding hydrogens is 335 g/mol. The van der Waals surface area contributed by atoms with Crippen molar-refractivity contribution in [1.82, 2.24) is 0 Å². The van der Waals surface area contributed by atoms with E-state index in [1.807, 2.05) is 0 Å². The maximum Gasteiger partial charge on any atom is 0.339 e. The minimum absolute atomic E-state index is 0.192. The Morgan fingerprint density at radius 3 is 1.79 bits per heavy atom. The molecule has 0 aromatic rings. The summed E-state index contributed by atoms with van der Waals surface area (Å²) < 4.78 is 20.6. The quantitative estimate of drug-likeness (QED) is 0.211. The van der Waals surface area contributed by atoms with Gasteiger partial charge in [-0.25, -0.2) is 4.79 Å². The Bertz CT molecular complexity index is 430. The van der Waals surface area contributed by atoms with E-state index in [1.54, 1.807) is 0 Å². The van der Waals surface area contributed by atoms with Crippen LogP contribution < -0.4 is 0 Å². The van der Waals surface area contributed by atoms with Gasteiger partial charge >= 0.3 is 19.5 Å². The molecule has 0 rings (SSSR count). The van der Waals surface area contributed by atoms with E-state index in [0.717, 1.165) is 51.0 Å². The van der Waals surface area contributed by atoms with Crippen molar-refractivity contribution in [1.29, 1.82) is 0 Å². The van der Waals surface area contributed by atoms with Crippen LogP contribution in [-0.2, 0) is 23.6 Å². The molecule has 24 heavy (non-hydrogen) atoms. The number of hydrogen-bond donors (Lipinski definition) is 2. The number of carbonyl (C=O) groups is 2. The van der Waals surface area contributed by atoms with E-state index in [4.69, 9.17) is 19.3 Å². The van der Waals surface area contributed by atoms with Gasteiger partial charge in [-0.3, -0.25) is 9.36 Å². The van der Waals surface area contributed by atoms with Gasteiger partial charge in [0.15, 0.2) is 5.66 Å². The van der Waals surface area contributed by atoms with Crippen molar-refractivity contribution >= 4 is 19.5 Å². The van der Waals surface area contributed by atoms with Gasteiger partial charge in [-0.05, 0) is 19.8 Å². The van der Waals surface area contributed by atoms with Crippen LogP contribution in [0.5, 0.6) is 0 Å². The Hall–Kier alpha value is -1.17. The molecular formula is C16H29O7P. The molecule has 1 atom stereocenters. The van der Waals surface area contributed by atoms with Gasteiger partial charge in [0.25, 0.3) is 0 Å². The molecule has 140 valence electrons. The number of esters is 2.